The molecule has 0 amide bonds. The van der Waals surface area contributed by atoms with Gasteiger partial charge in [-0.25, -0.2) is 0 Å². The van der Waals surface area contributed by atoms with Crippen LogP contribution in [0.3, 0.4) is 0 Å². The molecule has 0 aliphatic rings. The molecule has 0 saturated carbocycles. The summed E-state index contributed by atoms with van der Waals surface area (Å²) in [6.07, 6.45) is 0. The molecular weight excluding hydrogens is 296 g/mol. The number of rotatable bonds is 0. The molecular formula is C4H4NO8Pd-3. The Kier molecular flexibility index (Phi) is 18.8. The minimum atomic E-state index is -2.19. The Morgan fingerprint density at radius 1 is 0.571 bits per heavy atom. The number of hydrogen-bond donors (Lipinski definition) is 1. The molecule has 0 aliphatic carbocycles. The molecule has 0 aromatic heterocycles. The number of carboxylic acid groups (broad SMARTS) is 4. The molecule has 0 rings (SSSR count). The molecule has 0 aliphatic heterocycles. The van der Waals surface area contributed by atoms with Gasteiger partial charge in [0.2, 0.25) is 0 Å². The van der Waals surface area contributed by atoms with Crippen molar-refractivity contribution in [2.24, 2.45) is 0 Å². The summed E-state index contributed by atoms with van der Waals surface area (Å²) in [6, 6.07) is 0. The van der Waals surface area contributed by atoms with Gasteiger partial charge in [0, 0.05) is 20.4 Å². The summed E-state index contributed by atoms with van der Waals surface area (Å²) < 4.78 is 0. The first-order valence-corrected chi connectivity index (χ1v) is 2.13. The molecule has 10 heteroatoms. The zero-order chi connectivity index (χ0) is 10.3. The summed E-state index contributed by atoms with van der Waals surface area (Å²) in [5.74, 6) is -8.74. The minimum absolute atomic E-state index is 0. The number of carbonyl (C=O) groups excluding carboxylic acids is 4. The Hall–Kier alpha value is -1.50. The quantitative estimate of drug-likeness (QED) is 0.336. The van der Waals surface area contributed by atoms with Crippen molar-refractivity contribution in [3.8, 4) is 0 Å². The molecule has 0 unspecified atom stereocenters. The third-order valence-electron chi connectivity index (χ3n) is 0.333. The van der Waals surface area contributed by atoms with Crippen molar-refractivity contribution in [3.63, 3.8) is 0 Å². The van der Waals surface area contributed by atoms with Gasteiger partial charge in [0.25, 0.3) is 0 Å². The van der Waals surface area contributed by atoms with Gasteiger partial charge in [-0.15, -0.1) is 0 Å². The monoisotopic (exact) mass is 300 g/mol. The van der Waals surface area contributed by atoms with Gasteiger partial charge in [0.15, 0.2) is 0 Å². The zero-order valence-corrected chi connectivity index (χ0v) is 8.14. The maximum absolute atomic E-state index is 8.93. The maximum atomic E-state index is 8.93. The molecule has 4 N–H and O–H groups in total. The number of quaternary nitrogens is 1. The molecule has 0 aromatic carbocycles. The van der Waals surface area contributed by atoms with E-state index in [1.807, 2.05) is 0 Å². The van der Waals surface area contributed by atoms with E-state index in [0.717, 1.165) is 0 Å². The smallest absolute Gasteiger partial charge is 0.0870 e. The third kappa shape index (κ3) is 22.4. The minimum Gasteiger partial charge on any atom is -0.543 e. The summed E-state index contributed by atoms with van der Waals surface area (Å²) in [7, 11) is 0. The molecule has 0 saturated heterocycles. The van der Waals surface area contributed by atoms with E-state index in [1.54, 1.807) is 0 Å². The van der Waals surface area contributed by atoms with Crippen LogP contribution in [0.4, 0.5) is 0 Å². The van der Waals surface area contributed by atoms with Crippen LogP contribution in [-0.2, 0) is 39.6 Å². The summed E-state index contributed by atoms with van der Waals surface area (Å²) in [4.78, 5) is 35.7. The van der Waals surface area contributed by atoms with Gasteiger partial charge in [0.1, 0.15) is 0 Å². The van der Waals surface area contributed by atoms with Crippen LogP contribution in [0.15, 0.2) is 0 Å². The van der Waals surface area contributed by atoms with Crippen LogP contribution in [0.5, 0.6) is 0 Å². The van der Waals surface area contributed by atoms with Crippen molar-refractivity contribution in [2.45, 2.75) is 0 Å². The second kappa shape index (κ2) is 11.5. The predicted octanol–water partition coefficient (Wildman–Crippen LogP) is -6.65. The summed E-state index contributed by atoms with van der Waals surface area (Å²) >= 11 is 0. The predicted molar refractivity (Wildman–Crippen MR) is 26.0 cm³/mol. The number of carbonyl (C=O) groups is 4. The van der Waals surface area contributed by atoms with Crippen molar-refractivity contribution < 1.29 is 60.0 Å². The van der Waals surface area contributed by atoms with Crippen LogP contribution < -0.4 is 26.6 Å². The average Bonchev–Trinajstić information content (AvgIpc) is 1.88. The van der Waals surface area contributed by atoms with Gasteiger partial charge >= 0.3 is 0 Å². The maximum Gasteiger partial charge on any atom is 0.0870 e. The van der Waals surface area contributed by atoms with E-state index in [-0.39, 0.29) is 26.6 Å². The molecule has 0 fully saturated rings. The van der Waals surface area contributed by atoms with Crippen molar-refractivity contribution >= 4 is 23.9 Å². The second-order valence-corrected chi connectivity index (χ2v) is 1.15. The molecule has 0 atom stereocenters. The standard InChI is InChI=1S/2C2H2O4.H3N.Pd/c2*3-1(4)2(5)6;;/h2*(H,3,4)(H,5,6);1H3;/p-3. The fourth-order valence-corrected chi connectivity index (χ4v) is 0. The normalized spacial score (nSPS) is 6.29. The van der Waals surface area contributed by atoms with Gasteiger partial charge in [-0.1, -0.05) is 0 Å². The Morgan fingerprint density at radius 3 is 0.643 bits per heavy atom. The van der Waals surface area contributed by atoms with Gasteiger partial charge < -0.3 is 45.8 Å². The van der Waals surface area contributed by atoms with Gasteiger partial charge in [-0.3, -0.25) is 0 Å². The van der Waals surface area contributed by atoms with E-state index in [0.29, 0.717) is 0 Å². The van der Waals surface area contributed by atoms with E-state index >= 15 is 0 Å². The van der Waals surface area contributed by atoms with Gasteiger partial charge in [-0.05, 0) is 0 Å². The first-order chi connectivity index (χ1) is 5.29. The molecule has 0 heterocycles. The van der Waals surface area contributed by atoms with Crippen molar-refractivity contribution in [1.29, 1.82) is 0 Å². The molecule has 86 valence electrons. The first-order valence-electron chi connectivity index (χ1n) is 2.13. The van der Waals surface area contributed by atoms with E-state index in [9.17, 15) is 0 Å². The fraction of sp³-hybridized carbons (Fsp3) is 0. The van der Waals surface area contributed by atoms with Crippen molar-refractivity contribution in [3.05, 3.63) is 0 Å². The third-order valence-corrected chi connectivity index (χ3v) is 0.333. The Morgan fingerprint density at radius 2 is 0.643 bits per heavy atom. The van der Waals surface area contributed by atoms with Crippen LogP contribution in [0.2, 0.25) is 0 Å². The van der Waals surface area contributed by atoms with Crippen molar-refractivity contribution in [1.82, 2.24) is 6.15 Å². The molecule has 0 aromatic rings. The van der Waals surface area contributed by atoms with Crippen LogP contribution in [0.1, 0.15) is 0 Å². The Labute approximate surface area is 90.6 Å². The van der Waals surface area contributed by atoms with Crippen molar-refractivity contribution in [2.75, 3.05) is 0 Å². The topological polar surface area (TPSA) is 197 Å². The van der Waals surface area contributed by atoms with E-state index in [4.69, 9.17) is 39.6 Å². The Balaban J connectivity index is -0.0000000625. The fourth-order valence-electron chi connectivity index (χ4n) is 0. The van der Waals surface area contributed by atoms with Gasteiger partial charge in [-0.2, -0.15) is 0 Å². The van der Waals surface area contributed by atoms with E-state index < -0.39 is 23.9 Å². The summed E-state index contributed by atoms with van der Waals surface area (Å²) in [5, 5.41) is 35.7. The molecule has 0 bridgehead atoms. The average molecular weight is 300 g/mol. The number of aliphatic carboxylic acids is 4. The van der Waals surface area contributed by atoms with Crippen LogP contribution in [-0.4, -0.2) is 23.9 Å². The van der Waals surface area contributed by atoms with E-state index in [2.05, 4.69) is 0 Å². The Bertz CT molecular complexity index is 177. The number of hydrogen-bond acceptors (Lipinski definition) is 8. The van der Waals surface area contributed by atoms with Crippen LogP contribution in [0, 0.1) is 0 Å². The summed E-state index contributed by atoms with van der Waals surface area (Å²) in [5.41, 5.74) is 0. The molecule has 0 radical (unpaired) electrons. The zero-order valence-electron chi connectivity index (χ0n) is 6.58. The SMILES string of the molecule is O=C([O-])C(=O)[O-].O=C([O-])C(=O)[O-].[NH4+].[Pd]. The molecule has 14 heavy (non-hydrogen) atoms. The summed E-state index contributed by atoms with van der Waals surface area (Å²) in [6.45, 7) is 0. The van der Waals surface area contributed by atoms with Crippen LogP contribution in [0.25, 0.3) is 0 Å². The number of carboxylic acids is 4. The largest absolute Gasteiger partial charge is 0.543 e. The second-order valence-electron chi connectivity index (χ2n) is 1.15. The van der Waals surface area contributed by atoms with Crippen LogP contribution >= 0.6 is 0 Å². The molecule has 0 spiro atoms. The molecule has 9 nitrogen and oxygen atoms in total. The van der Waals surface area contributed by atoms with E-state index in [1.165, 1.54) is 0 Å². The van der Waals surface area contributed by atoms with Gasteiger partial charge in [0.05, 0.1) is 23.9 Å². The first kappa shape index (κ1) is 22.9.